The highest BCUT2D eigenvalue weighted by Gasteiger charge is 2.37. The fourth-order valence-electron chi connectivity index (χ4n) is 4.53. The molecule has 0 saturated carbocycles. The molecule has 1 aliphatic heterocycles. The second-order valence-corrected chi connectivity index (χ2v) is 9.51. The molecule has 1 aromatic heterocycles. The summed E-state index contributed by atoms with van der Waals surface area (Å²) in [5.74, 6) is -0.0812. The van der Waals surface area contributed by atoms with Crippen LogP contribution in [0.4, 0.5) is 8.78 Å². The van der Waals surface area contributed by atoms with Gasteiger partial charge in [-0.25, -0.2) is 13.8 Å². The lowest BCUT2D eigenvalue weighted by Gasteiger charge is -2.27. The summed E-state index contributed by atoms with van der Waals surface area (Å²) >= 11 is 16.5. The number of rotatable bonds is 4. The first-order valence-electron chi connectivity index (χ1n) is 10.1. The molecule has 5 rings (SSSR count). The molecule has 8 heteroatoms. The molecule has 0 bridgehead atoms. The van der Waals surface area contributed by atoms with E-state index in [0.717, 1.165) is 33.1 Å². The molecule has 0 fully saturated rings. The molecule has 3 aromatic carbocycles. The van der Waals surface area contributed by atoms with Crippen LogP contribution in [0.25, 0.3) is 10.8 Å². The van der Waals surface area contributed by atoms with Gasteiger partial charge in [-0.1, -0.05) is 51.3 Å². The number of benzene rings is 3. The summed E-state index contributed by atoms with van der Waals surface area (Å²) in [6, 6.07) is 13.4. The van der Waals surface area contributed by atoms with Gasteiger partial charge in [0, 0.05) is 33.4 Å². The minimum absolute atomic E-state index is 0.226. The highest BCUT2D eigenvalue weighted by molar-refractivity contribution is 9.10. The first-order valence-corrected chi connectivity index (χ1v) is 11.7. The van der Waals surface area contributed by atoms with Crippen LogP contribution in [0.1, 0.15) is 28.3 Å². The standard InChI is InChI=1S/C25H17BrCl2F2N2O/c1-33-15-5-2-13(3-6-15)11-32-12-18-22-17(25(28)31-10-21(22)30)9-19(26)23(18)24(32)16-8-14(29)4-7-20(16)27/h2-10,24H,11-12H2,1H3. The largest absolute Gasteiger partial charge is 0.497 e. The zero-order valence-corrected chi connectivity index (χ0v) is 20.5. The summed E-state index contributed by atoms with van der Waals surface area (Å²) in [5, 5.41) is 1.61. The Kier molecular flexibility index (Phi) is 6.04. The van der Waals surface area contributed by atoms with Gasteiger partial charge in [0.1, 0.15) is 22.5 Å². The molecule has 1 unspecified atom stereocenters. The second kappa shape index (κ2) is 8.84. The lowest BCUT2D eigenvalue weighted by Crippen LogP contribution is -2.23. The number of hydrogen-bond donors (Lipinski definition) is 0. The molecule has 0 radical (unpaired) electrons. The van der Waals surface area contributed by atoms with Crippen LogP contribution >= 0.6 is 39.1 Å². The molecular formula is C25H17BrCl2F2N2O. The van der Waals surface area contributed by atoms with Crippen molar-refractivity contribution in [3.8, 4) is 5.75 Å². The molecule has 168 valence electrons. The Bertz CT molecular complexity index is 1380. The van der Waals surface area contributed by atoms with E-state index in [1.807, 2.05) is 24.3 Å². The highest BCUT2D eigenvalue weighted by Crippen LogP contribution is 2.48. The van der Waals surface area contributed by atoms with Gasteiger partial charge >= 0.3 is 0 Å². The Morgan fingerprint density at radius 2 is 1.88 bits per heavy atom. The number of fused-ring (bicyclic) bond motifs is 3. The van der Waals surface area contributed by atoms with Crippen molar-refractivity contribution < 1.29 is 13.5 Å². The van der Waals surface area contributed by atoms with Crippen LogP contribution < -0.4 is 4.74 Å². The first-order chi connectivity index (χ1) is 15.9. The molecular weight excluding hydrogens is 533 g/mol. The second-order valence-electron chi connectivity index (χ2n) is 7.89. The van der Waals surface area contributed by atoms with Crippen molar-refractivity contribution in [2.75, 3.05) is 7.11 Å². The van der Waals surface area contributed by atoms with Crippen molar-refractivity contribution in [3.63, 3.8) is 0 Å². The van der Waals surface area contributed by atoms with E-state index in [2.05, 4.69) is 25.8 Å². The van der Waals surface area contributed by atoms with Crippen molar-refractivity contribution in [2.24, 2.45) is 0 Å². The summed E-state index contributed by atoms with van der Waals surface area (Å²) in [5.41, 5.74) is 3.26. The smallest absolute Gasteiger partial charge is 0.149 e. The summed E-state index contributed by atoms with van der Waals surface area (Å²) in [6.45, 7) is 0.955. The van der Waals surface area contributed by atoms with Gasteiger partial charge in [0.2, 0.25) is 0 Å². The number of ether oxygens (including phenoxy) is 1. The van der Waals surface area contributed by atoms with Gasteiger partial charge in [-0.2, -0.15) is 0 Å². The number of halogens is 5. The van der Waals surface area contributed by atoms with Gasteiger partial charge in [0.05, 0.1) is 19.3 Å². The quantitative estimate of drug-likeness (QED) is 0.244. The van der Waals surface area contributed by atoms with Crippen molar-refractivity contribution in [3.05, 3.63) is 103 Å². The maximum Gasteiger partial charge on any atom is 0.149 e. The molecule has 0 spiro atoms. The minimum atomic E-state index is -0.450. The Labute approximate surface area is 208 Å². The third-order valence-corrected chi connectivity index (χ3v) is 7.28. The van der Waals surface area contributed by atoms with Gasteiger partial charge in [-0.05, 0) is 58.7 Å². The molecule has 0 N–H and O–H groups in total. The summed E-state index contributed by atoms with van der Waals surface area (Å²) < 4.78 is 35.3. The van der Waals surface area contributed by atoms with Crippen LogP contribution in [0.5, 0.6) is 5.75 Å². The average molecular weight is 550 g/mol. The molecule has 33 heavy (non-hydrogen) atoms. The van der Waals surface area contributed by atoms with Gasteiger partial charge in [0.15, 0.2) is 0 Å². The summed E-state index contributed by atoms with van der Waals surface area (Å²) in [4.78, 5) is 6.10. The lowest BCUT2D eigenvalue weighted by molar-refractivity contribution is 0.234. The Balaban J connectivity index is 1.71. The van der Waals surface area contributed by atoms with Crippen LogP contribution in [-0.4, -0.2) is 17.0 Å². The van der Waals surface area contributed by atoms with Gasteiger partial charge in [-0.15, -0.1) is 0 Å². The predicted molar refractivity (Wildman–Crippen MR) is 130 cm³/mol. The zero-order chi connectivity index (χ0) is 23.3. The van der Waals surface area contributed by atoms with E-state index in [1.54, 1.807) is 19.2 Å². The normalized spacial score (nSPS) is 15.8. The third kappa shape index (κ3) is 3.99. The topological polar surface area (TPSA) is 25.4 Å². The zero-order valence-electron chi connectivity index (χ0n) is 17.4. The summed E-state index contributed by atoms with van der Waals surface area (Å²) in [6.07, 6.45) is 1.13. The van der Waals surface area contributed by atoms with E-state index in [1.165, 1.54) is 12.1 Å². The Hall–Kier alpha value is -2.25. The number of aromatic nitrogens is 1. The van der Waals surface area contributed by atoms with Crippen LogP contribution in [0.2, 0.25) is 10.2 Å². The molecule has 1 atom stereocenters. The van der Waals surface area contributed by atoms with Crippen LogP contribution in [-0.2, 0) is 13.1 Å². The van der Waals surface area contributed by atoms with Gasteiger partial charge < -0.3 is 4.74 Å². The lowest BCUT2D eigenvalue weighted by atomic mass is 9.94. The van der Waals surface area contributed by atoms with Crippen LogP contribution in [0.15, 0.2) is 59.2 Å². The SMILES string of the molecule is COc1ccc(CN2Cc3c(c(Br)cc4c(Cl)ncc(F)c34)C2c2cc(F)ccc2Cl)cc1. The molecule has 0 saturated heterocycles. The maximum absolute atomic E-state index is 15.0. The fourth-order valence-corrected chi connectivity index (χ4v) is 5.63. The van der Waals surface area contributed by atoms with Crippen molar-refractivity contribution in [1.82, 2.24) is 9.88 Å². The number of pyridine rings is 1. The van der Waals surface area contributed by atoms with Crippen LogP contribution in [0.3, 0.4) is 0 Å². The number of hydrogen-bond acceptors (Lipinski definition) is 3. The minimum Gasteiger partial charge on any atom is -0.497 e. The van der Waals surface area contributed by atoms with Gasteiger partial charge in [0.25, 0.3) is 0 Å². The Morgan fingerprint density at radius 1 is 1.12 bits per heavy atom. The molecule has 0 aliphatic carbocycles. The van der Waals surface area contributed by atoms with E-state index in [-0.39, 0.29) is 11.0 Å². The van der Waals surface area contributed by atoms with Crippen molar-refractivity contribution in [1.29, 1.82) is 0 Å². The molecule has 1 aliphatic rings. The predicted octanol–water partition coefficient (Wildman–Crippen LogP) is 7.70. The average Bonchev–Trinajstić information content (AvgIpc) is 3.17. The highest BCUT2D eigenvalue weighted by atomic mass is 79.9. The molecule has 2 heterocycles. The first kappa shape index (κ1) is 22.5. The number of methoxy groups -OCH3 is 1. The van der Waals surface area contributed by atoms with E-state index in [0.29, 0.717) is 34.4 Å². The van der Waals surface area contributed by atoms with E-state index >= 15 is 4.39 Å². The molecule has 3 nitrogen and oxygen atoms in total. The van der Waals surface area contributed by atoms with E-state index in [9.17, 15) is 4.39 Å². The molecule has 4 aromatic rings. The van der Waals surface area contributed by atoms with Gasteiger partial charge in [-0.3, -0.25) is 4.90 Å². The molecule has 0 amide bonds. The van der Waals surface area contributed by atoms with Crippen molar-refractivity contribution >= 4 is 49.9 Å². The van der Waals surface area contributed by atoms with E-state index < -0.39 is 11.9 Å². The van der Waals surface area contributed by atoms with Crippen LogP contribution in [0, 0.1) is 11.6 Å². The fraction of sp³-hybridized carbons (Fsp3) is 0.160. The van der Waals surface area contributed by atoms with E-state index in [4.69, 9.17) is 27.9 Å². The summed E-state index contributed by atoms with van der Waals surface area (Å²) in [7, 11) is 1.62. The number of nitrogens with zero attached hydrogens (tertiary/aromatic N) is 2. The Morgan fingerprint density at radius 3 is 2.61 bits per heavy atom. The maximum atomic E-state index is 15.0. The monoisotopic (exact) mass is 548 g/mol. The van der Waals surface area contributed by atoms with Crippen molar-refractivity contribution in [2.45, 2.75) is 19.1 Å². The third-order valence-electron chi connectivity index (χ3n) is 5.97.